The Hall–Kier alpha value is -2.93. The summed E-state index contributed by atoms with van der Waals surface area (Å²) in [7, 11) is -2.92. The molecule has 4 rings (SSSR count). The third-order valence-corrected chi connectivity index (χ3v) is 5.98. The van der Waals surface area contributed by atoms with E-state index in [1.807, 2.05) is 29.1 Å². The molecule has 0 spiro atoms. The van der Waals surface area contributed by atoms with E-state index in [2.05, 4.69) is 10.4 Å². The van der Waals surface area contributed by atoms with Crippen molar-refractivity contribution < 1.29 is 9.00 Å². The van der Waals surface area contributed by atoms with Gasteiger partial charge in [-0.15, -0.1) is 0 Å². The van der Waals surface area contributed by atoms with Gasteiger partial charge in [0.05, 0.1) is 32.0 Å². The topological polar surface area (TPSA) is 87.8 Å². The molecule has 144 valence electrons. The summed E-state index contributed by atoms with van der Waals surface area (Å²) in [5.41, 5.74) is 2.41. The van der Waals surface area contributed by atoms with Crippen molar-refractivity contribution in [1.82, 2.24) is 9.78 Å². The molecule has 0 bridgehead atoms. The smallest absolute Gasteiger partial charge is 0.248 e. The zero-order valence-corrected chi connectivity index (χ0v) is 16.4. The first-order chi connectivity index (χ1) is 13.4. The fourth-order valence-electron chi connectivity index (χ4n) is 3.16. The highest BCUT2D eigenvalue weighted by molar-refractivity contribution is 7.91. The largest absolute Gasteiger partial charge is 0.321 e. The van der Waals surface area contributed by atoms with Crippen LogP contribution >= 0.6 is 0 Å². The highest BCUT2D eigenvalue weighted by Gasteiger charge is 2.22. The van der Waals surface area contributed by atoms with Gasteiger partial charge in [0.2, 0.25) is 5.91 Å². The van der Waals surface area contributed by atoms with Crippen LogP contribution in [0.25, 0.3) is 17.0 Å². The number of nitrogens with one attached hydrogen (secondary N) is 2. The van der Waals surface area contributed by atoms with Crippen molar-refractivity contribution in [3.8, 4) is 0 Å². The molecular formula is C21H22N4O2S. The Morgan fingerprint density at radius 3 is 2.86 bits per heavy atom. The van der Waals surface area contributed by atoms with E-state index in [4.69, 9.17) is 4.78 Å². The molecule has 28 heavy (non-hydrogen) atoms. The van der Waals surface area contributed by atoms with Crippen LogP contribution in [0.2, 0.25) is 0 Å². The fourth-order valence-corrected chi connectivity index (χ4v) is 4.03. The van der Waals surface area contributed by atoms with Crippen molar-refractivity contribution in [2.75, 3.05) is 11.6 Å². The summed E-state index contributed by atoms with van der Waals surface area (Å²) in [6.45, 7) is 0.969. The number of rotatable bonds is 6. The average molecular weight is 395 g/mol. The van der Waals surface area contributed by atoms with Crippen molar-refractivity contribution in [3.63, 3.8) is 0 Å². The van der Waals surface area contributed by atoms with Crippen LogP contribution in [-0.4, -0.2) is 26.2 Å². The quantitative estimate of drug-likeness (QED) is 0.616. The number of amides is 1. The van der Waals surface area contributed by atoms with E-state index in [0.717, 1.165) is 28.9 Å². The number of nitrogens with zero attached hydrogens (tertiary/aromatic N) is 2. The minimum absolute atomic E-state index is 0.321. The highest BCUT2D eigenvalue weighted by Crippen LogP contribution is 2.31. The molecule has 2 N–H and O–H groups in total. The maximum atomic E-state index is 12.3. The molecule has 3 aromatic rings. The SMILES string of the molecule is CS(=N)(=O)c1ccccc1NC(=O)/C=C/c1ccc2c(cnn2CC2CC2)c1. The van der Waals surface area contributed by atoms with E-state index in [1.54, 1.807) is 30.3 Å². The van der Waals surface area contributed by atoms with Crippen molar-refractivity contribution in [2.45, 2.75) is 24.3 Å². The van der Waals surface area contributed by atoms with Gasteiger partial charge in [0.1, 0.15) is 0 Å². The lowest BCUT2D eigenvalue weighted by molar-refractivity contribution is -0.111. The molecule has 1 aliphatic carbocycles. The molecule has 1 aliphatic rings. The van der Waals surface area contributed by atoms with Crippen LogP contribution in [0.3, 0.4) is 0 Å². The summed E-state index contributed by atoms with van der Waals surface area (Å²) in [4.78, 5) is 12.6. The summed E-state index contributed by atoms with van der Waals surface area (Å²) in [6.07, 6.45) is 8.94. The molecule has 0 radical (unpaired) electrons. The predicted molar refractivity (Wildman–Crippen MR) is 112 cm³/mol. The Bertz CT molecular complexity index is 1170. The zero-order valence-electron chi connectivity index (χ0n) is 15.6. The molecule has 7 heteroatoms. The summed E-state index contributed by atoms with van der Waals surface area (Å²) < 4.78 is 21.9. The number of hydrogen-bond acceptors (Lipinski definition) is 4. The van der Waals surface area contributed by atoms with Crippen LogP contribution in [0.1, 0.15) is 18.4 Å². The highest BCUT2D eigenvalue weighted by atomic mass is 32.2. The molecule has 6 nitrogen and oxygen atoms in total. The summed E-state index contributed by atoms with van der Waals surface area (Å²) >= 11 is 0. The van der Waals surface area contributed by atoms with E-state index >= 15 is 0 Å². The van der Waals surface area contributed by atoms with Crippen LogP contribution in [0, 0.1) is 10.7 Å². The van der Waals surface area contributed by atoms with E-state index in [0.29, 0.717) is 10.6 Å². The molecule has 1 unspecified atom stereocenters. The molecule has 0 saturated heterocycles. The lowest BCUT2D eigenvalue weighted by Gasteiger charge is -2.09. The number of hydrogen-bond donors (Lipinski definition) is 2. The minimum atomic E-state index is -2.92. The van der Waals surface area contributed by atoms with Crippen LogP contribution in [0.5, 0.6) is 0 Å². The van der Waals surface area contributed by atoms with Gasteiger partial charge in [0.15, 0.2) is 0 Å². The van der Waals surface area contributed by atoms with Crippen LogP contribution < -0.4 is 5.32 Å². The normalized spacial score (nSPS) is 16.3. The first-order valence-electron chi connectivity index (χ1n) is 9.17. The lowest BCUT2D eigenvalue weighted by Crippen LogP contribution is -2.11. The van der Waals surface area contributed by atoms with Gasteiger partial charge in [-0.05, 0) is 54.7 Å². The number of anilines is 1. The Balaban J connectivity index is 1.49. The summed E-state index contributed by atoms with van der Waals surface area (Å²) in [5.74, 6) is 0.427. The number of aromatic nitrogens is 2. The van der Waals surface area contributed by atoms with Gasteiger partial charge in [0, 0.05) is 24.3 Å². The summed E-state index contributed by atoms with van der Waals surface area (Å²) in [6, 6.07) is 12.7. The van der Waals surface area contributed by atoms with Crippen molar-refractivity contribution in [2.24, 2.45) is 5.92 Å². The Morgan fingerprint density at radius 1 is 1.32 bits per heavy atom. The zero-order chi connectivity index (χ0) is 19.7. The second-order valence-corrected chi connectivity index (χ2v) is 9.38. The maximum absolute atomic E-state index is 12.3. The van der Waals surface area contributed by atoms with Gasteiger partial charge in [-0.25, -0.2) is 8.99 Å². The second-order valence-electron chi connectivity index (χ2n) is 7.25. The molecular weight excluding hydrogens is 372 g/mol. The molecule has 0 aliphatic heterocycles. The first kappa shape index (κ1) is 18.4. The minimum Gasteiger partial charge on any atom is -0.321 e. The van der Waals surface area contributed by atoms with Gasteiger partial charge in [-0.2, -0.15) is 5.10 Å². The molecule has 1 aromatic heterocycles. The number of benzene rings is 2. The molecule has 1 heterocycles. The first-order valence-corrected chi connectivity index (χ1v) is 11.1. The third kappa shape index (κ3) is 4.14. The van der Waals surface area contributed by atoms with Crippen molar-refractivity contribution >= 4 is 38.3 Å². The van der Waals surface area contributed by atoms with E-state index in [-0.39, 0.29) is 5.91 Å². The maximum Gasteiger partial charge on any atom is 0.248 e. The molecule has 2 aromatic carbocycles. The molecule has 1 atom stereocenters. The van der Waals surface area contributed by atoms with Gasteiger partial charge in [0.25, 0.3) is 0 Å². The second kappa shape index (κ2) is 7.24. The monoisotopic (exact) mass is 394 g/mol. The molecule has 1 saturated carbocycles. The lowest BCUT2D eigenvalue weighted by atomic mass is 10.1. The molecule has 1 amide bonds. The van der Waals surface area contributed by atoms with Crippen molar-refractivity contribution in [1.29, 1.82) is 4.78 Å². The van der Waals surface area contributed by atoms with E-state index in [9.17, 15) is 9.00 Å². The van der Waals surface area contributed by atoms with Crippen LogP contribution in [0.15, 0.2) is 59.6 Å². The van der Waals surface area contributed by atoms with Gasteiger partial charge < -0.3 is 5.32 Å². The van der Waals surface area contributed by atoms with Crippen molar-refractivity contribution in [3.05, 3.63) is 60.3 Å². The van der Waals surface area contributed by atoms with Gasteiger partial charge in [-0.1, -0.05) is 18.2 Å². The molecule has 1 fully saturated rings. The van der Waals surface area contributed by atoms with Crippen LogP contribution in [-0.2, 0) is 21.1 Å². The predicted octanol–water partition coefficient (Wildman–Crippen LogP) is 4.13. The number of carbonyl (C=O) groups is 1. The third-order valence-electron chi connectivity index (χ3n) is 4.79. The standard InChI is InChI=1S/C21H22N4O2S/c1-28(22,27)20-5-3-2-4-18(20)24-21(26)11-9-15-8-10-19-17(12-15)13-23-25(19)14-16-6-7-16/h2-5,8-13,16,22H,6-7,14H2,1H3,(H,24,26)/b11-9+. The number of fused-ring (bicyclic) bond motifs is 1. The fraction of sp³-hybridized carbons (Fsp3) is 0.238. The van der Waals surface area contributed by atoms with E-state index in [1.165, 1.54) is 25.2 Å². The Kier molecular flexibility index (Phi) is 4.77. The average Bonchev–Trinajstić information content (AvgIpc) is 3.39. The van der Waals surface area contributed by atoms with E-state index < -0.39 is 9.73 Å². The van der Waals surface area contributed by atoms with Gasteiger partial charge >= 0.3 is 0 Å². The Labute approximate surface area is 164 Å². The Morgan fingerprint density at radius 2 is 2.11 bits per heavy atom. The van der Waals surface area contributed by atoms with Gasteiger partial charge in [-0.3, -0.25) is 9.48 Å². The summed E-state index contributed by atoms with van der Waals surface area (Å²) in [5, 5.41) is 8.23. The van der Waals surface area contributed by atoms with Crippen LogP contribution in [0.4, 0.5) is 5.69 Å². The number of carbonyl (C=O) groups excluding carboxylic acids is 1. The number of para-hydroxylation sites is 1.